The number of hydrogen-bond donors (Lipinski definition) is 0. The van der Waals surface area contributed by atoms with Crippen LogP contribution in [0.5, 0.6) is 0 Å². The van der Waals surface area contributed by atoms with E-state index in [9.17, 15) is 8.42 Å². The van der Waals surface area contributed by atoms with Crippen LogP contribution in [0.4, 0.5) is 0 Å². The molecule has 256 valence electrons. The molecule has 0 fully saturated rings. The third-order valence-electron chi connectivity index (χ3n) is 7.71. The van der Waals surface area contributed by atoms with Crippen LogP contribution in [0.3, 0.4) is 0 Å². The first-order chi connectivity index (χ1) is 22.8. The van der Waals surface area contributed by atoms with Gasteiger partial charge in [0, 0.05) is 10.1 Å². The summed E-state index contributed by atoms with van der Waals surface area (Å²) in [5.41, 5.74) is 3.41. The highest BCUT2D eigenvalue weighted by Crippen LogP contribution is 2.28. The zero-order valence-electron chi connectivity index (χ0n) is 28.5. The number of allylic oxidation sites excluding steroid dienone is 2. The van der Waals surface area contributed by atoms with Crippen LogP contribution < -0.4 is 0 Å². The average molecular weight is 679 g/mol. The standard InChI is InChI=1S/C40H54O5S2/c1-4-5-6-7-8-9-13-21-34(2)30-38(46-37-26-18-12-19-27-37)28-20-29-39(44-32-36-24-16-11-17-25-36)40(45-47(3,41)42)33-43-31-35-22-14-10-15-23-35/h10-12,14-20,22-27,29-30,38-40H,4-9,13,21,28,31-33H2,1-3H3/b29-20+,34-30+/t38?,39-,40-/m1/s1. The van der Waals surface area contributed by atoms with Gasteiger partial charge in [-0.15, -0.1) is 11.8 Å². The summed E-state index contributed by atoms with van der Waals surface area (Å²) in [5, 5.41) is 0.219. The minimum absolute atomic E-state index is 0.0609. The van der Waals surface area contributed by atoms with Crippen molar-refractivity contribution >= 4 is 21.9 Å². The Morgan fingerprint density at radius 3 is 1.98 bits per heavy atom. The fraction of sp³-hybridized carbons (Fsp3) is 0.450. The summed E-state index contributed by atoms with van der Waals surface area (Å²) in [6.07, 6.45) is 17.0. The predicted molar refractivity (Wildman–Crippen MR) is 197 cm³/mol. The molecule has 0 N–H and O–H groups in total. The van der Waals surface area contributed by atoms with Gasteiger partial charge in [-0.3, -0.25) is 4.18 Å². The van der Waals surface area contributed by atoms with Crippen LogP contribution in [-0.4, -0.2) is 38.7 Å². The molecule has 0 aliphatic heterocycles. The third-order valence-corrected chi connectivity index (χ3v) is 9.49. The van der Waals surface area contributed by atoms with Crippen LogP contribution in [0.2, 0.25) is 0 Å². The molecule has 0 aliphatic carbocycles. The van der Waals surface area contributed by atoms with Crippen molar-refractivity contribution in [1.29, 1.82) is 0 Å². The van der Waals surface area contributed by atoms with E-state index in [-0.39, 0.29) is 11.9 Å². The van der Waals surface area contributed by atoms with Crippen molar-refractivity contribution in [1.82, 2.24) is 0 Å². The maximum atomic E-state index is 12.4. The lowest BCUT2D eigenvalue weighted by atomic mass is 10.0. The molecule has 3 aromatic rings. The number of benzene rings is 3. The molecular formula is C40H54O5S2. The van der Waals surface area contributed by atoms with Crippen molar-refractivity contribution in [3.63, 3.8) is 0 Å². The van der Waals surface area contributed by atoms with Crippen LogP contribution >= 0.6 is 11.8 Å². The van der Waals surface area contributed by atoms with E-state index in [1.165, 1.54) is 55.4 Å². The topological polar surface area (TPSA) is 61.8 Å². The number of thioether (sulfide) groups is 1. The minimum atomic E-state index is -3.77. The lowest BCUT2D eigenvalue weighted by molar-refractivity contribution is -0.0461. The summed E-state index contributed by atoms with van der Waals surface area (Å²) < 4.78 is 42.6. The Balaban J connectivity index is 1.74. The van der Waals surface area contributed by atoms with Gasteiger partial charge >= 0.3 is 0 Å². The van der Waals surface area contributed by atoms with Crippen molar-refractivity contribution in [2.45, 2.75) is 107 Å². The SMILES string of the molecule is CCCCCCCCC/C(C)=C/C(C/C=C/[C@@H](OCc1ccccc1)[C@@H](COCc1ccccc1)OS(C)(=O)=O)Sc1ccccc1. The van der Waals surface area contributed by atoms with Gasteiger partial charge in [0.1, 0.15) is 12.2 Å². The van der Waals surface area contributed by atoms with E-state index in [0.29, 0.717) is 13.2 Å². The van der Waals surface area contributed by atoms with Crippen molar-refractivity contribution in [3.8, 4) is 0 Å². The first kappa shape index (κ1) is 38.8. The van der Waals surface area contributed by atoms with E-state index in [2.05, 4.69) is 50.3 Å². The molecule has 0 saturated heterocycles. The monoisotopic (exact) mass is 678 g/mol. The van der Waals surface area contributed by atoms with Gasteiger partial charge in [0.2, 0.25) is 0 Å². The predicted octanol–water partition coefficient (Wildman–Crippen LogP) is 10.3. The number of unbranched alkanes of at least 4 members (excludes halogenated alkanes) is 6. The van der Waals surface area contributed by atoms with Gasteiger partial charge in [-0.1, -0.05) is 148 Å². The molecule has 3 atom stereocenters. The zero-order valence-corrected chi connectivity index (χ0v) is 30.1. The van der Waals surface area contributed by atoms with Crippen LogP contribution in [0.15, 0.2) is 120 Å². The molecular weight excluding hydrogens is 625 g/mol. The summed E-state index contributed by atoms with van der Waals surface area (Å²) in [6, 6.07) is 30.1. The van der Waals surface area contributed by atoms with Gasteiger partial charge in [0.15, 0.2) is 0 Å². The molecule has 5 nitrogen and oxygen atoms in total. The van der Waals surface area contributed by atoms with Crippen molar-refractivity contribution in [2.75, 3.05) is 12.9 Å². The Bertz CT molecular complexity index is 1390. The molecule has 0 bridgehead atoms. The lowest BCUT2D eigenvalue weighted by Crippen LogP contribution is -2.36. The van der Waals surface area contributed by atoms with Gasteiger partial charge in [-0.05, 0) is 49.4 Å². The van der Waals surface area contributed by atoms with Crippen LogP contribution in [0.1, 0.15) is 82.8 Å². The smallest absolute Gasteiger partial charge is 0.264 e. The lowest BCUT2D eigenvalue weighted by Gasteiger charge is -2.24. The van der Waals surface area contributed by atoms with Crippen LogP contribution in [-0.2, 0) is 37.0 Å². The number of rotatable bonds is 24. The molecule has 0 radical (unpaired) electrons. The minimum Gasteiger partial charge on any atom is -0.374 e. The molecule has 0 aromatic heterocycles. The van der Waals surface area contributed by atoms with E-state index in [1.807, 2.05) is 84.6 Å². The second-order valence-corrected chi connectivity index (χ2v) is 15.0. The van der Waals surface area contributed by atoms with Crippen molar-refractivity contribution < 1.29 is 22.1 Å². The van der Waals surface area contributed by atoms with E-state index in [1.54, 1.807) is 0 Å². The summed E-state index contributed by atoms with van der Waals surface area (Å²) in [5.74, 6) is 0. The molecule has 0 heterocycles. The Morgan fingerprint density at radius 2 is 1.36 bits per heavy atom. The van der Waals surface area contributed by atoms with E-state index in [0.717, 1.165) is 30.2 Å². The summed E-state index contributed by atoms with van der Waals surface area (Å²) >= 11 is 1.84. The van der Waals surface area contributed by atoms with E-state index in [4.69, 9.17) is 13.7 Å². The van der Waals surface area contributed by atoms with Gasteiger partial charge < -0.3 is 9.47 Å². The fourth-order valence-corrected chi connectivity index (χ4v) is 7.04. The first-order valence-corrected chi connectivity index (χ1v) is 19.7. The third kappa shape index (κ3) is 17.9. The molecule has 3 rings (SSSR count). The van der Waals surface area contributed by atoms with Crippen molar-refractivity contribution in [3.05, 3.63) is 126 Å². The Labute approximate surface area is 288 Å². The van der Waals surface area contributed by atoms with Gasteiger partial charge in [0.05, 0.1) is 26.1 Å². The van der Waals surface area contributed by atoms with E-state index >= 15 is 0 Å². The highest BCUT2D eigenvalue weighted by atomic mass is 32.2. The van der Waals surface area contributed by atoms with Gasteiger partial charge in [0.25, 0.3) is 10.1 Å². The second-order valence-electron chi connectivity index (χ2n) is 12.1. The Kier molecular flexibility index (Phi) is 18.8. The van der Waals surface area contributed by atoms with E-state index < -0.39 is 22.3 Å². The maximum Gasteiger partial charge on any atom is 0.264 e. The molecule has 7 heteroatoms. The quantitative estimate of drug-likeness (QED) is 0.0407. The molecule has 0 amide bonds. The first-order valence-electron chi connectivity index (χ1n) is 17.0. The molecule has 0 spiro atoms. The van der Waals surface area contributed by atoms with Gasteiger partial charge in [-0.25, -0.2) is 0 Å². The Morgan fingerprint density at radius 1 is 0.787 bits per heavy atom. The highest BCUT2D eigenvalue weighted by Gasteiger charge is 2.26. The highest BCUT2D eigenvalue weighted by molar-refractivity contribution is 8.00. The number of ether oxygens (including phenoxy) is 2. The average Bonchev–Trinajstić information content (AvgIpc) is 3.06. The molecule has 47 heavy (non-hydrogen) atoms. The molecule has 0 aliphatic rings. The Hall–Kier alpha value is -2.68. The van der Waals surface area contributed by atoms with Crippen LogP contribution in [0, 0.1) is 0 Å². The largest absolute Gasteiger partial charge is 0.374 e. The second kappa shape index (κ2) is 22.8. The summed E-state index contributed by atoms with van der Waals surface area (Å²) in [6.45, 7) is 5.22. The van der Waals surface area contributed by atoms with Crippen LogP contribution in [0.25, 0.3) is 0 Å². The fourth-order valence-electron chi connectivity index (χ4n) is 5.26. The van der Waals surface area contributed by atoms with Crippen molar-refractivity contribution in [2.24, 2.45) is 0 Å². The number of hydrogen-bond acceptors (Lipinski definition) is 6. The normalized spacial score (nSPS) is 14.3. The summed E-state index contributed by atoms with van der Waals surface area (Å²) in [4.78, 5) is 1.22. The molecule has 1 unspecified atom stereocenters. The van der Waals surface area contributed by atoms with Gasteiger partial charge in [-0.2, -0.15) is 8.42 Å². The summed E-state index contributed by atoms with van der Waals surface area (Å²) in [7, 11) is -3.77. The molecule has 3 aromatic carbocycles. The maximum absolute atomic E-state index is 12.4. The zero-order chi connectivity index (χ0) is 33.6. The molecule has 0 saturated carbocycles.